The smallest absolute Gasteiger partial charge is 0.416 e. The molecular formula is C27H25F3N4O3. The van der Waals surface area contributed by atoms with Gasteiger partial charge in [0.15, 0.2) is 5.82 Å². The highest BCUT2D eigenvalue weighted by atomic mass is 19.4. The second-order valence-electron chi connectivity index (χ2n) is 8.64. The minimum absolute atomic E-state index is 0.112. The lowest BCUT2D eigenvalue weighted by molar-refractivity contribution is -0.137. The normalized spacial score (nSPS) is 11.4. The van der Waals surface area contributed by atoms with Gasteiger partial charge in [-0.3, -0.25) is 4.79 Å². The number of methoxy groups -OCH3 is 1. The lowest BCUT2D eigenvalue weighted by Gasteiger charge is -2.10. The summed E-state index contributed by atoms with van der Waals surface area (Å²) in [7, 11) is 1.55. The molecule has 0 atom stereocenters. The molecule has 4 rings (SSSR count). The van der Waals surface area contributed by atoms with Gasteiger partial charge in [0.25, 0.3) is 5.91 Å². The minimum atomic E-state index is -4.44. The van der Waals surface area contributed by atoms with Gasteiger partial charge in [0, 0.05) is 16.8 Å². The monoisotopic (exact) mass is 510 g/mol. The predicted molar refractivity (Wildman–Crippen MR) is 133 cm³/mol. The number of rotatable bonds is 8. The van der Waals surface area contributed by atoms with E-state index in [-0.39, 0.29) is 17.8 Å². The molecule has 0 saturated carbocycles. The zero-order valence-corrected chi connectivity index (χ0v) is 20.4. The number of aromatic nitrogens is 3. The van der Waals surface area contributed by atoms with Crippen molar-refractivity contribution >= 4 is 11.6 Å². The molecule has 0 bridgehead atoms. The second-order valence-corrected chi connectivity index (χ2v) is 8.64. The van der Waals surface area contributed by atoms with Gasteiger partial charge in [-0.15, -0.1) is 5.10 Å². The maximum Gasteiger partial charge on any atom is 0.416 e. The van der Waals surface area contributed by atoms with E-state index in [1.807, 2.05) is 13.8 Å². The first-order valence-corrected chi connectivity index (χ1v) is 11.5. The fourth-order valence-corrected chi connectivity index (χ4v) is 3.40. The van der Waals surface area contributed by atoms with Crippen LogP contribution in [0.4, 0.5) is 18.9 Å². The third kappa shape index (κ3) is 6.27. The van der Waals surface area contributed by atoms with E-state index < -0.39 is 11.7 Å². The van der Waals surface area contributed by atoms with Crippen LogP contribution < -0.4 is 14.8 Å². The van der Waals surface area contributed by atoms with E-state index in [2.05, 4.69) is 15.4 Å². The Labute approximate surface area is 211 Å². The van der Waals surface area contributed by atoms with Crippen LogP contribution in [-0.2, 0) is 6.18 Å². The maximum atomic E-state index is 13.0. The molecule has 1 aromatic heterocycles. The average Bonchev–Trinajstić information content (AvgIpc) is 3.32. The highest BCUT2D eigenvalue weighted by Crippen LogP contribution is 2.31. The van der Waals surface area contributed by atoms with Crippen LogP contribution in [0.3, 0.4) is 0 Å². The van der Waals surface area contributed by atoms with Gasteiger partial charge in [0.05, 0.1) is 25.0 Å². The van der Waals surface area contributed by atoms with Gasteiger partial charge in [0.2, 0.25) is 0 Å². The first-order chi connectivity index (χ1) is 17.6. The molecular weight excluding hydrogens is 485 g/mol. The molecule has 0 aliphatic carbocycles. The molecule has 0 saturated heterocycles. The summed E-state index contributed by atoms with van der Waals surface area (Å²) in [5, 5.41) is 7.24. The number of nitrogens with one attached hydrogen (secondary N) is 1. The predicted octanol–water partition coefficient (Wildman–Crippen LogP) is 6.25. The molecule has 7 nitrogen and oxygen atoms in total. The highest BCUT2D eigenvalue weighted by molar-refractivity contribution is 6.04. The fraction of sp³-hybridized carbons (Fsp3) is 0.222. The number of alkyl halides is 3. The molecule has 37 heavy (non-hydrogen) atoms. The third-order valence-electron chi connectivity index (χ3n) is 5.33. The molecule has 1 N–H and O–H groups in total. The molecule has 0 aliphatic rings. The van der Waals surface area contributed by atoms with E-state index in [0.29, 0.717) is 40.7 Å². The van der Waals surface area contributed by atoms with Gasteiger partial charge in [-0.1, -0.05) is 26.0 Å². The van der Waals surface area contributed by atoms with Crippen LogP contribution in [-0.4, -0.2) is 34.4 Å². The molecule has 10 heteroatoms. The Morgan fingerprint density at radius 1 is 0.973 bits per heavy atom. The number of anilines is 1. The van der Waals surface area contributed by atoms with Crippen molar-refractivity contribution < 1.29 is 27.4 Å². The summed E-state index contributed by atoms with van der Waals surface area (Å²) >= 11 is 0. The van der Waals surface area contributed by atoms with Crippen LogP contribution in [0.1, 0.15) is 29.8 Å². The van der Waals surface area contributed by atoms with Crippen LogP contribution in [0.2, 0.25) is 0 Å². The van der Waals surface area contributed by atoms with E-state index in [1.54, 1.807) is 55.6 Å². The Morgan fingerprint density at radius 2 is 1.62 bits per heavy atom. The molecule has 192 valence electrons. The highest BCUT2D eigenvalue weighted by Gasteiger charge is 2.30. The Balaban J connectivity index is 1.60. The molecule has 4 aromatic rings. The average molecular weight is 511 g/mol. The molecule has 0 radical (unpaired) electrons. The standard InChI is InChI=1S/C27H25F3N4O3/c1-17(2)16-37-26-32-24(18-4-8-20(9-5-18)27(28,29)30)34(33-26)22-12-10-21(11-13-22)31-25(35)19-6-14-23(36-3)15-7-19/h4-15,17H,16H2,1-3H3,(H,31,35). The molecule has 1 heterocycles. The molecule has 0 aliphatic heterocycles. The van der Waals surface area contributed by atoms with E-state index >= 15 is 0 Å². The summed E-state index contributed by atoms with van der Waals surface area (Å²) in [4.78, 5) is 17.0. The number of hydrogen-bond acceptors (Lipinski definition) is 5. The lowest BCUT2D eigenvalue weighted by Crippen LogP contribution is -2.11. The number of carbonyl (C=O) groups is 1. The van der Waals surface area contributed by atoms with Crippen LogP contribution in [0, 0.1) is 5.92 Å². The van der Waals surface area contributed by atoms with Crippen molar-refractivity contribution in [2.45, 2.75) is 20.0 Å². The van der Waals surface area contributed by atoms with Crippen molar-refractivity contribution in [2.75, 3.05) is 19.0 Å². The number of ether oxygens (including phenoxy) is 2. The SMILES string of the molecule is COc1ccc(C(=O)Nc2ccc(-n3nc(OCC(C)C)nc3-c3ccc(C(F)(F)F)cc3)cc2)cc1. The third-order valence-corrected chi connectivity index (χ3v) is 5.33. The van der Waals surface area contributed by atoms with Crippen molar-refractivity contribution in [3.63, 3.8) is 0 Å². The molecule has 0 spiro atoms. The van der Waals surface area contributed by atoms with Gasteiger partial charge in [-0.25, -0.2) is 4.68 Å². The Kier molecular flexibility index (Phi) is 7.47. The van der Waals surface area contributed by atoms with Gasteiger partial charge in [-0.2, -0.15) is 18.2 Å². The van der Waals surface area contributed by atoms with Crippen LogP contribution in [0.25, 0.3) is 17.1 Å². The van der Waals surface area contributed by atoms with Crippen molar-refractivity contribution in [3.8, 4) is 28.8 Å². The van der Waals surface area contributed by atoms with Crippen molar-refractivity contribution in [3.05, 3.63) is 83.9 Å². The van der Waals surface area contributed by atoms with E-state index in [1.165, 1.54) is 16.8 Å². The summed E-state index contributed by atoms with van der Waals surface area (Å²) < 4.78 is 51.4. The number of carbonyl (C=O) groups excluding carboxylic acids is 1. The minimum Gasteiger partial charge on any atom is -0.497 e. The van der Waals surface area contributed by atoms with E-state index in [4.69, 9.17) is 9.47 Å². The number of amides is 1. The van der Waals surface area contributed by atoms with E-state index in [9.17, 15) is 18.0 Å². The summed E-state index contributed by atoms with van der Waals surface area (Å²) in [5.74, 6) is 0.915. The topological polar surface area (TPSA) is 78.3 Å². The van der Waals surface area contributed by atoms with Gasteiger partial charge < -0.3 is 14.8 Å². The number of hydrogen-bond donors (Lipinski definition) is 1. The van der Waals surface area contributed by atoms with Crippen molar-refractivity contribution in [1.29, 1.82) is 0 Å². The van der Waals surface area contributed by atoms with Crippen molar-refractivity contribution in [1.82, 2.24) is 14.8 Å². The molecule has 3 aromatic carbocycles. The van der Waals surface area contributed by atoms with Crippen LogP contribution >= 0.6 is 0 Å². The Bertz CT molecular complexity index is 1350. The largest absolute Gasteiger partial charge is 0.497 e. The van der Waals surface area contributed by atoms with E-state index in [0.717, 1.165) is 12.1 Å². The van der Waals surface area contributed by atoms with Gasteiger partial charge in [0.1, 0.15) is 5.75 Å². The van der Waals surface area contributed by atoms with Gasteiger partial charge >= 0.3 is 12.2 Å². The van der Waals surface area contributed by atoms with Crippen LogP contribution in [0.5, 0.6) is 11.8 Å². The number of nitrogens with zero attached hydrogens (tertiary/aromatic N) is 3. The Hall–Kier alpha value is -4.34. The van der Waals surface area contributed by atoms with Crippen molar-refractivity contribution in [2.24, 2.45) is 5.92 Å². The second kappa shape index (κ2) is 10.7. The zero-order chi connectivity index (χ0) is 26.6. The molecule has 0 unspecified atom stereocenters. The summed E-state index contributed by atoms with van der Waals surface area (Å²) in [5.41, 5.74) is 1.30. The first kappa shape index (κ1) is 25.7. The summed E-state index contributed by atoms with van der Waals surface area (Å²) in [6, 6.07) is 18.4. The van der Waals surface area contributed by atoms with Crippen LogP contribution in [0.15, 0.2) is 72.8 Å². The number of benzene rings is 3. The summed E-state index contributed by atoms with van der Waals surface area (Å²) in [6.07, 6.45) is -4.44. The molecule has 0 fully saturated rings. The lowest BCUT2D eigenvalue weighted by atomic mass is 10.1. The fourth-order valence-electron chi connectivity index (χ4n) is 3.40. The maximum absolute atomic E-state index is 13.0. The zero-order valence-electron chi connectivity index (χ0n) is 20.4. The first-order valence-electron chi connectivity index (χ1n) is 11.5. The number of halogens is 3. The quantitative estimate of drug-likeness (QED) is 0.303. The molecule has 1 amide bonds. The Morgan fingerprint density at radius 3 is 2.19 bits per heavy atom. The summed E-state index contributed by atoms with van der Waals surface area (Å²) in [6.45, 7) is 4.34. The van der Waals surface area contributed by atoms with Gasteiger partial charge in [-0.05, 0) is 66.6 Å².